The zero-order valence-electron chi connectivity index (χ0n) is 17.1. The Balaban J connectivity index is 1.27. The highest BCUT2D eigenvalue weighted by Gasteiger charge is 2.48. The van der Waals surface area contributed by atoms with E-state index in [4.69, 9.17) is 0 Å². The van der Waals surface area contributed by atoms with Gasteiger partial charge in [0, 0.05) is 24.7 Å². The Morgan fingerprint density at radius 2 is 1.38 bits per heavy atom. The van der Waals surface area contributed by atoms with Crippen LogP contribution < -0.4 is 5.32 Å². The van der Waals surface area contributed by atoms with Crippen molar-refractivity contribution in [3.63, 3.8) is 0 Å². The van der Waals surface area contributed by atoms with Gasteiger partial charge >= 0.3 is 0 Å². The van der Waals surface area contributed by atoms with Crippen molar-refractivity contribution in [3.8, 4) is 0 Å². The standard InChI is InChI=1S/C23H32N2O3S/c26-23(24-22-19-12-16-11-17(14-19)15-20(22)13-16)18-5-7-21(8-6-18)29(27,28)25-9-3-1-2-4-10-25/h5-8,16-17,19-20,22H,1-4,9-15H2,(H,24,26). The molecule has 5 nitrogen and oxygen atoms in total. The second-order valence-electron chi connectivity index (χ2n) is 9.77. The molecule has 0 spiro atoms. The Morgan fingerprint density at radius 3 is 1.93 bits per heavy atom. The Morgan fingerprint density at radius 1 is 0.828 bits per heavy atom. The van der Waals surface area contributed by atoms with Crippen LogP contribution in [0.15, 0.2) is 29.2 Å². The van der Waals surface area contributed by atoms with E-state index in [9.17, 15) is 13.2 Å². The Bertz CT molecular complexity index is 829. The molecule has 4 aliphatic carbocycles. The number of carbonyl (C=O) groups excluding carboxylic acids is 1. The number of nitrogens with one attached hydrogen (secondary N) is 1. The van der Waals surface area contributed by atoms with E-state index >= 15 is 0 Å². The highest BCUT2D eigenvalue weighted by atomic mass is 32.2. The summed E-state index contributed by atoms with van der Waals surface area (Å²) in [6, 6.07) is 6.86. The molecule has 0 atom stereocenters. The minimum absolute atomic E-state index is 0.0545. The zero-order valence-corrected chi connectivity index (χ0v) is 17.9. The van der Waals surface area contributed by atoms with E-state index < -0.39 is 10.0 Å². The molecule has 1 amide bonds. The number of amides is 1. The summed E-state index contributed by atoms with van der Waals surface area (Å²) < 4.78 is 27.5. The number of carbonyl (C=O) groups is 1. The molecule has 158 valence electrons. The largest absolute Gasteiger partial charge is 0.349 e. The predicted octanol–water partition coefficient (Wildman–Crippen LogP) is 3.81. The molecule has 6 rings (SSSR count). The van der Waals surface area contributed by atoms with Gasteiger partial charge in [0.05, 0.1) is 4.90 Å². The predicted molar refractivity (Wildman–Crippen MR) is 112 cm³/mol. The van der Waals surface area contributed by atoms with E-state index in [1.54, 1.807) is 28.6 Å². The highest BCUT2D eigenvalue weighted by molar-refractivity contribution is 7.89. The van der Waals surface area contributed by atoms with E-state index in [1.165, 1.54) is 32.1 Å². The van der Waals surface area contributed by atoms with Gasteiger partial charge in [-0.15, -0.1) is 0 Å². The van der Waals surface area contributed by atoms with Crippen molar-refractivity contribution in [3.05, 3.63) is 29.8 Å². The lowest BCUT2D eigenvalue weighted by molar-refractivity contribution is -0.0119. The lowest BCUT2D eigenvalue weighted by atomic mass is 9.54. The maximum atomic E-state index is 12.9. The molecular weight excluding hydrogens is 384 g/mol. The van der Waals surface area contributed by atoms with E-state index in [0.29, 0.717) is 41.4 Å². The first kappa shape index (κ1) is 19.6. The monoisotopic (exact) mass is 416 g/mol. The molecule has 1 aliphatic heterocycles. The molecule has 1 heterocycles. The number of rotatable bonds is 4. The van der Waals surface area contributed by atoms with Crippen LogP contribution in [-0.2, 0) is 10.0 Å². The second-order valence-corrected chi connectivity index (χ2v) is 11.7. The number of nitrogens with zero attached hydrogens (tertiary/aromatic N) is 1. The lowest BCUT2D eigenvalue weighted by Gasteiger charge is -2.54. The summed E-state index contributed by atoms with van der Waals surface area (Å²) in [6.07, 6.45) is 10.5. The molecule has 4 bridgehead atoms. The van der Waals surface area contributed by atoms with Crippen LogP contribution in [0, 0.1) is 23.7 Å². The fourth-order valence-corrected chi connectivity index (χ4v) is 8.12. The van der Waals surface area contributed by atoms with Gasteiger partial charge in [-0.05, 0) is 92.9 Å². The van der Waals surface area contributed by atoms with Crippen molar-refractivity contribution >= 4 is 15.9 Å². The third-order valence-electron chi connectivity index (χ3n) is 7.84. The van der Waals surface area contributed by atoms with Crippen LogP contribution in [0.1, 0.15) is 68.1 Å². The van der Waals surface area contributed by atoms with Gasteiger partial charge in [0.15, 0.2) is 0 Å². The first-order valence-corrected chi connectivity index (χ1v) is 12.9. The molecule has 29 heavy (non-hydrogen) atoms. The number of hydrogen-bond acceptors (Lipinski definition) is 3. The van der Waals surface area contributed by atoms with Crippen LogP contribution in [0.4, 0.5) is 0 Å². The molecule has 5 aliphatic rings. The summed E-state index contributed by atoms with van der Waals surface area (Å²) in [5.74, 6) is 2.99. The van der Waals surface area contributed by atoms with Gasteiger partial charge in [-0.2, -0.15) is 4.31 Å². The summed E-state index contributed by atoms with van der Waals surface area (Å²) in [5, 5.41) is 3.31. The Hall–Kier alpha value is -1.40. The third-order valence-corrected chi connectivity index (χ3v) is 9.76. The molecule has 0 unspecified atom stereocenters. The van der Waals surface area contributed by atoms with E-state index in [2.05, 4.69) is 5.32 Å². The quantitative estimate of drug-likeness (QED) is 0.812. The Labute approximate surface area is 174 Å². The average Bonchev–Trinajstić information content (AvgIpc) is 3.00. The maximum absolute atomic E-state index is 12.9. The van der Waals surface area contributed by atoms with E-state index in [1.807, 2.05) is 0 Å². The topological polar surface area (TPSA) is 66.5 Å². The van der Waals surface area contributed by atoms with Gasteiger partial charge in [-0.25, -0.2) is 8.42 Å². The zero-order chi connectivity index (χ0) is 20.0. The summed E-state index contributed by atoms with van der Waals surface area (Å²) in [5.41, 5.74) is 0.564. The highest BCUT2D eigenvalue weighted by Crippen LogP contribution is 2.53. The van der Waals surface area contributed by atoms with Crippen LogP contribution in [-0.4, -0.2) is 37.8 Å². The molecule has 1 aromatic rings. The number of hydrogen-bond donors (Lipinski definition) is 1. The van der Waals surface area contributed by atoms with E-state index in [0.717, 1.165) is 37.5 Å². The molecule has 6 heteroatoms. The SMILES string of the molecule is O=C(NC1C2CC3CC(C2)CC1C3)c1ccc(S(=O)(=O)N2CCCCCC2)cc1. The first-order chi connectivity index (χ1) is 14.0. The van der Waals surface area contributed by atoms with E-state index in [-0.39, 0.29) is 5.91 Å². The maximum Gasteiger partial charge on any atom is 0.251 e. The van der Waals surface area contributed by atoms with Crippen LogP contribution in [0.5, 0.6) is 0 Å². The van der Waals surface area contributed by atoms with Crippen molar-refractivity contribution in [2.24, 2.45) is 23.7 Å². The van der Waals surface area contributed by atoms with Crippen molar-refractivity contribution < 1.29 is 13.2 Å². The second kappa shape index (κ2) is 7.69. The summed E-state index contributed by atoms with van der Waals surface area (Å²) in [4.78, 5) is 13.2. The molecule has 1 saturated heterocycles. The fraction of sp³-hybridized carbons (Fsp3) is 0.696. The van der Waals surface area contributed by atoms with Crippen molar-refractivity contribution in [1.82, 2.24) is 9.62 Å². The van der Waals surface area contributed by atoms with Crippen molar-refractivity contribution in [1.29, 1.82) is 0 Å². The van der Waals surface area contributed by atoms with Gasteiger partial charge in [-0.1, -0.05) is 12.8 Å². The molecule has 4 saturated carbocycles. The van der Waals surface area contributed by atoms with Crippen LogP contribution in [0.2, 0.25) is 0 Å². The number of sulfonamides is 1. The van der Waals surface area contributed by atoms with Gasteiger partial charge in [0.25, 0.3) is 5.91 Å². The average molecular weight is 417 g/mol. The van der Waals surface area contributed by atoms with Crippen LogP contribution in [0.25, 0.3) is 0 Å². The van der Waals surface area contributed by atoms with Gasteiger partial charge in [0.1, 0.15) is 0 Å². The summed E-state index contributed by atoms with van der Waals surface area (Å²) >= 11 is 0. The first-order valence-electron chi connectivity index (χ1n) is 11.4. The third kappa shape index (κ3) is 3.74. The summed E-state index contributed by atoms with van der Waals surface area (Å²) in [7, 11) is -3.47. The molecule has 1 aromatic carbocycles. The van der Waals surface area contributed by atoms with Crippen LogP contribution >= 0.6 is 0 Å². The van der Waals surface area contributed by atoms with Gasteiger partial charge in [0.2, 0.25) is 10.0 Å². The normalized spacial score (nSPS) is 34.7. The number of benzene rings is 1. The van der Waals surface area contributed by atoms with Crippen molar-refractivity contribution in [2.45, 2.75) is 68.7 Å². The fourth-order valence-electron chi connectivity index (χ4n) is 6.60. The van der Waals surface area contributed by atoms with Gasteiger partial charge < -0.3 is 5.32 Å². The lowest BCUT2D eigenvalue weighted by Crippen LogP contribution is -2.55. The van der Waals surface area contributed by atoms with Gasteiger partial charge in [-0.3, -0.25) is 4.79 Å². The molecule has 0 aromatic heterocycles. The minimum atomic E-state index is -3.47. The summed E-state index contributed by atoms with van der Waals surface area (Å²) in [6.45, 7) is 1.19. The van der Waals surface area contributed by atoms with Crippen LogP contribution in [0.3, 0.4) is 0 Å². The molecular formula is C23H32N2O3S. The molecule has 1 N–H and O–H groups in total. The smallest absolute Gasteiger partial charge is 0.251 e. The van der Waals surface area contributed by atoms with Crippen molar-refractivity contribution in [2.75, 3.05) is 13.1 Å². The molecule has 5 fully saturated rings. The Kier molecular flexibility index (Phi) is 5.19. The molecule has 0 radical (unpaired) electrons. The minimum Gasteiger partial charge on any atom is -0.349 e.